The summed E-state index contributed by atoms with van der Waals surface area (Å²) < 4.78 is 10.9. The molecule has 1 aromatic carbocycles. The number of amides is 1. The number of anilines is 1. The Morgan fingerprint density at radius 2 is 2.09 bits per heavy atom. The zero-order valence-electron chi connectivity index (χ0n) is 12.2. The summed E-state index contributed by atoms with van der Waals surface area (Å²) in [5.74, 6) is -0.613. The Morgan fingerprint density at radius 1 is 1.36 bits per heavy atom. The Bertz CT molecular complexity index is 697. The van der Waals surface area contributed by atoms with Crippen molar-refractivity contribution >= 4 is 40.2 Å². The molecular formula is C15H15IN2O4. The summed E-state index contributed by atoms with van der Waals surface area (Å²) >= 11 is 2.11. The molecule has 7 heteroatoms. The third-order valence-electron chi connectivity index (χ3n) is 2.95. The third kappa shape index (κ3) is 3.85. The molecule has 116 valence electrons. The number of esters is 1. The molecule has 0 bridgehead atoms. The molecule has 0 fully saturated rings. The van der Waals surface area contributed by atoms with Crippen LogP contribution in [0.2, 0.25) is 0 Å². The van der Waals surface area contributed by atoms with Crippen LogP contribution in [0.5, 0.6) is 0 Å². The molecule has 2 aromatic rings. The number of aryl methyl sites for hydroxylation is 2. The molecule has 1 amide bonds. The summed E-state index contributed by atoms with van der Waals surface area (Å²) in [6.45, 7) is 3.13. The molecule has 22 heavy (non-hydrogen) atoms. The van der Waals surface area contributed by atoms with Crippen molar-refractivity contribution in [2.24, 2.45) is 0 Å². The van der Waals surface area contributed by atoms with Gasteiger partial charge in [-0.2, -0.15) is 0 Å². The first kappa shape index (κ1) is 16.5. The molecule has 6 nitrogen and oxygen atoms in total. The Kier molecular flexibility index (Phi) is 5.53. The van der Waals surface area contributed by atoms with Crippen LogP contribution in [-0.2, 0) is 16.0 Å². The first-order valence-electron chi connectivity index (χ1n) is 6.69. The molecule has 0 radical (unpaired) electrons. The zero-order valence-corrected chi connectivity index (χ0v) is 14.3. The van der Waals surface area contributed by atoms with Gasteiger partial charge in [-0.05, 0) is 48.1 Å². The van der Waals surface area contributed by atoms with Gasteiger partial charge in [-0.25, -0.2) is 4.79 Å². The number of benzene rings is 1. The Balaban J connectivity index is 1.95. The Labute approximate surface area is 141 Å². The van der Waals surface area contributed by atoms with Crippen LogP contribution in [0.3, 0.4) is 0 Å². The molecule has 0 atom stereocenters. The highest BCUT2D eigenvalue weighted by atomic mass is 127. The van der Waals surface area contributed by atoms with Crippen molar-refractivity contribution in [3.63, 3.8) is 0 Å². The Hall–Kier alpha value is -1.90. The molecule has 0 aliphatic heterocycles. The lowest BCUT2D eigenvalue weighted by atomic mass is 10.1. The van der Waals surface area contributed by atoms with Gasteiger partial charge in [0.2, 0.25) is 0 Å². The number of hydrogen-bond acceptors (Lipinski definition) is 5. The molecular weight excluding hydrogens is 399 g/mol. The fourth-order valence-corrected chi connectivity index (χ4v) is 2.40. The summed E-state index contributed by atoms with van der Waals surface area (Å²) in [5.41, 5.74) is 1.50. The third-order valence-corrected chi connectivity index (χ3v) is 3.90. The number of hydrogen-bond donors (Lipinski definition) is 1. The predicted molar refractivity (Wildman–Crippen MR) is 88.7 cm³/mol. The molecule has 0 aliphatic rings. The van der Waals surface area contributed by atoms with Crippen molar-refractivity contribution < 1.29 is 18.8 Å². The molecule has 0 saturated heterocycles. The van der Waals surface area contributed by atoms with Crippen LogP contribution in [0.4, 0.5) is 5.69 Å². The molecule has 0 aliphatic carbocycles. The largest absolute Gasteiger partial charge is 0.452 e. The monoisotopic (exact) mass is 414 g/mol. The van der Waals surface area contributed by atoms with E-state index >= 15 is 0 Å². The van der Waals surface area contributed by atoms with Gasteiger partial charge in [-0.15, -0.1) is 0 Å². The molecule has 0 spiro atoms. The fraction of sp³-hybridized carbons (Fsp3) is 0.267. The second kappa shape index (κ2) is 7.39. The number of nitrogens with one attached hydrogen (secondary N) is 1. The van der Waals surface area contributed by atoms with Gasteiger partial charge in [0.05, 0.1) is 11.4 Å². The minimum absolute atomic E-state index is 0.296. The lowest BCUT2D eigenvalue weighted by Crippen LogP contribution is -2.21. The number of halogens is 1. The van der Waals surface area contributed by atoms with Crippen LogP contribution in [-0.4, -0.2) is 23.6 Å². The number of nitrogens with zero attached hydrogens (tertiary/aromatic N) is 1. The van der Waals surface area contributed by atoms with E-state index < -0.39 is 11.9 Å². The van der Waals surface area contributed by atoms with Gasteiger partial charge in [0, 0.05) is 3.57 Å². The second-order valence-electron chi connectivity index (χ2n) is 4.52. The van der Waals surface area contributed by atoms with Gasteiger partial charge >= 0.3 is 5.97 Å². The van der Waals surface area contributed by atoms with Crippen molar-refractivity contribution in [3.8, 4) is 0 Å². The van der Waals surface area contributed by atoms with Gasteiger partial charge in [-0.1, -0.05) is 24.2 Å². The van der Waals surface area contributed by atoms with Gasteiger partial charge in [-0.3, -0.25) is 4.79 Å². The first-order valence-corrected chi connectivity index (χ1v) is 7.77. The lowest BCUT2D eigenvalue weighted by Gasteiger charge is -2.08. The fourth-order valence-electron chi connectivity index (χ4n) is 1.87. The van der Waals surface area contributed by atoms with Crippen molar-refractivity contribution in [2.75, 3.05) is 11.9 Å². The highest BCUT2D eigenvalue weighted by Gasteiger charge is 2.21. The summed E-state index contributed by atoms with van der Waals surface area (Å²) in [7, 11) is 0. The van der Waals surface area contributed by atoms with Crippen molar-refractivity contribution in [2.45, 2.75) is 20.3 Å². The van der Waals surface area contributed by atoms with E-state index in [-0.39, 0.29) is 6.61 Å². The highest BCUT2D eigenvalue weighted by molar-refractivity contribution is 14.1. The van der Waals surface area contributed by atoms with E-state index in [2.05, 4.69) is 33.1 Å². The molecule has 1 N–H and O–H groups in total. The quantitative estimate of drug-likeness (QED) is 0.601. The van der Waals surface area contributed by atoms with E-state index in [1.54, 1.807) is 13.0 Å². The topological polar surface area (TPSA) is 81.4 Å². The van der Waals surface area contributed by atoms with E-state index in [9.17, 15) is 9.59 Å². The molecule has 1 heterocycles. The summed E-state index contributed by atoms with van der Waals surface area (Å²) in [4.78, 5) is 23.9. The lowest BCUT2D eigenvalue weighted by molar-refractivity contribution is -0.119. The van der Waals surface area contributed by atoms with Gasteiger partial charge in [0.1, 0.15) is 11.3 Å². The number of rotatable bonds is 5. The van der Waals surface area contributed by atoms with Crippen molar-refractivity contribution in [3.05, 3.63) is 44.9 Å². The number of carbonyl (C=O) groups excluding carboxylic acids is 2. The summed E-state index contributed by atoms with van der Waals surface area (Å²) in [5, 5.41) is 6.48. The zero-order chi connectivity index (χ0) is 16.1. The van der Waals surface area contributed by atoms with Crippen molar-refractivity contribution in [1.82, 2.24) is 5.16 Å². The maximum atomic E-state index is 12.0. The standard InChI is InChI=1S/C15H15IN2O4/c1-3-11-14(9(2)22-18-11)15(20)21-8-13(19)17-12-7-5-4-6-10(12)16/h4-7H,3,8H2,1-2H3,(H,17,19). The van der Waals surface area contributed by atoms with Crippen LogP contribution in [0.25, 0.3) is 0 Å². The van der Waals surface area contributed by atoms with E-state index in [1.807, 2.05) is 25.1 Å². The molecule has 1 aromatic heterocycles. The number of ether oxygens (including phenoxy) is 1. The normalized spacial score (nSPS) is 10.3. The van der Waals surface area contributed by atoms with E-state index in [1.165, 1.54) is 0 Å². The van der Waals surface area contributed by atoms with Crippen LogP contribution in [0.15, 0.2) is 28.8 Å². The van der Waals surface area contributed by atoms with Gasteiger partial charge in [0.15, 0.2) is 6.61 Å². The van der Waals surface area contributed by atoms with Crippen molar-refractivity contribution in [1.29, 1.82) is 0 Å². The first-order chi connectivity index (χ1) is 10.5. The second-order valence-corrected chi connectivity index (χ2v) is 5.68. The number of para-hydroxylation sites is 1. The van der Waals surface area contributed by atoms with Crippen LogP contribution in [0.1, 0.15) is 28.7 Å². The minimum Gasteiger partial charge on any atom is -0.452 e. The molecule has 2 rings (SSSR count). The van der Waals surface area contributed by atoms with Crippen LogP contribution in [0, 0.1) is 10.5 Å². The van der Waals surface area contributed by atoms with E-state index in [0.717, 1.165) is 3.57 Å². The smallest absolute Gasteiger partial charge is 0.344 e. The predicted octanol–water partition coefficient (Wildman–Crippen LogP) is 2.95. The van der Waals surface area contributed by atoms with Crippen LogP contribution < -0.4 is 5.32 Å². The van der Waals surface area contributed by atoms with Gasteiger partial charge in [0.25, 0.3) is 5.91 Å². The number of carbonyl (C=O) groups is 2. The average Bonchev–Trinajstić information content (AvgIpc) is 2.88. The SMILES string of the molecule is CCc1noc(C)c1C(=O)OCC(=O)Nc1ccccc1I. The Morgan fingerprint density at radius 3 is 2.77 bits per heavy atom. The summed E-state index contributed by atoms with van der Waals surface area (Å²) in [6, 6.07) is 7.34. The number of aromatic nitrogens is 1. The maximum absolute atomic E-state index is 12.0. The van der Waals surface area contributed by atoms with E-state index in [0.29, 0.717) is 29.1 Å². The van der Waals surface area contributed by atoms with E-state index in [4.69, 9.17) is 9.26 Å². The van der Waals surface area contributed by atoms with Crippen LogP contribution >= 0.6 is 22.6 Å². The van der Waals surface area contributed by atoms with Gasteiger partial charge < -0.3 is 14.6 Å². The average molecular weight is 414 g/mol. The molecule has 0 saturated carbocycles. The molecule has 0 unspecified atom stereocenters. The summed E-state index contributed by atoms with van der Waals surface area (Å²) in [6.07, 6.45) is 0.552. The highest BCUT2D eigenvalue weighted by Crippen LogP contribution is 2.17. The maximum Gasteiger partial charge on any atom is 0.344 e. The minimum atomic E-state index is -0.603.